The van der Waals surface area contributed by atoms with Gasteiger partial charge in [-0.05, 0) is 66.6 Å². The fraction of sp³-hybridized carbons (Fsp3) is 0.0588. The van der Waals surface area contributed by atoms with Crippen molar-refractivity contribution in [3.8, 4) is 67.3 Å². The Morgan fingerprint density at radius 2 is 0.774 bits per heavy atom. The van der Waals surface area contributed by atoms with E-state index < -0.39 is 0 Å². The van der Waals surface area contributed by atoms with Crippen LogP contribution < -0.4 is 0 Å². The van der Waals surface area contributed by atoms with Crippen molar-refractivity contribution >= 4 is 21.5 Å². The summed E-state index contributed by atoms with van der Waals surface area (Å²) in [7, 11) is 0. The summed E-state index contributed by atoms with van der Waals surface area (Å²) in [5, 5.41) is 4.97. The third-order valence-electron chi connectivity index (χ3n) is 11.1. The van der Waals surface area contributed by atoms with E-state index in [1.807, 2.05) is 6.07 Å². The molecule has 0 fully saturated rings. The molecule has 1 aliphatic rings. The monoisotopic (exact) mass is 676 g/mol. The normalized spacial score (nSPS) is 12.9. The highest BCUT2D eigenvalue weighted by molar-refractivity contribution is 6.21. The summed E-state index contributed by atoms with van der Waals surface area (Å²) in [4.78, 5) is 10.7. The van der Waals surface area contributed by atoms with Gasteiger partial charge < -0.3 is 0 Å². The Kier molecular flexibility index (Phi) is 7.19. The Morgan fingerprint density at radius 1 is 0.358 bits per heavy atom. The van der Waals surface area contributed by atoms with Crippen LogP contribution >= 0.6 is 0 Å². The van der Waals surface area contributed by atoms with Crippen LogP contribution in [0.4, 0.5) is 0 Å². The number of rotatable bonds is 5. The van der Waals surface area contributed by atoms with E-state index in [9.17, 15) is 0 Å². The molecule has 1 aromatic heterocycles. The van der Waals surface area contributed by atoms with Crippen molar-refractivity contribution < 1.29 is 0 Å². The maximum absolute atomic E-state index is 5.38. The van der Waals surface area contributed by atoms with Gasteiger partial charge in [-0.25, -0.2) is 9.97 Å². The quantitative estimate of drug-likeness (QED) is 0.170. The van der Waals surface area contributed by atoms with Gasteiger partial charge >= 0.3 is 0 Å². The number of nitrogens with zero attached hydrogens (tertiary/aromatic N) is 2. The molecule has 0 N–H and O–H groups in total. The highest BCUT2D eigenvalue weighted by atomic mass is 14.9. The van der Waals surface area contributed by atoms with Crippen LogP contribution in [-0.2, 0) is 5.41 Å². The standard InChI is InChI=1S/C51H36N2/c1-51(2)44-31-30-38(32-43(44)49-47(51)48(36-18-8-4-9-19-36)52-50(53-49)37-20-10-5-11-21-37)46-41-24-14-12-22-39(41)45(40-23-13-15-25-42(40)46)35-28-26-34(27-29-35)33-16-6-3-7-17-33/h3-32H,1-2H3. The number of hydrogen-bond acceptors (Lipinski definition) is 2. The van der Waals surface area contributed by atoms with Crippen molar-refractivity contribution in [1.29, 1.82) is 0 Å². The van der Waals surface area contributed by atoms with E-state index in [1.54, 1.807) is 0 Å². The first kappa shape index (κ1) is 31.1. The second-order valence-corrected chi connectivity index (χ2v) is 14.5. The van der Waals surface area contributed by atoms with Gasteiger partial charge in [-0.15, -0.1) is 0 Å². The summed E-state index contributed by atoms with van der Waals surface area (Å²) >= 11 is 0. The van der Waals surface area contributed by atoms with Crippen LogP contribution in [0.2, 0.25) is 0 Å². The minimum atomic E-state index is -0.288. The Labute approximate surface area is 310 Å². The fourth-order valence-electron chi connectivity index (χ4n) is 8.55. The lowest BCUT2D eigenvalue weighted by atomic mass is 9.80. The van der Waals surface area contributed by atoms with Crippen LogP contribution in [0.15, 0.2) is 182 Å². The highest BCUT2D eigenvalue weighted by Gasteiger charge is 2.40. The van der Waals surface area contributed by atoms with Crippen molar-refractivity contribution in [2.45, 2.75) is 19.3 Å². The lowest BCUT2D eigenvalue weighted by Crippen LogP contribution is -2.17. The smallest absolute Gasteiger partial charge is 0.160 e. The van der Waals surface area contributed by atoms with Crippen molar-refractivity contribution in [2.24, 2.45) is 0 Å². The molecule has 1 heterocycles. The molecule has 0 saturated heterocycles. The van der Waals surface area contributed by atoms with Gasteiger partial charge in [-0.2, -0.15) is 0 Å². The second-order valence-electron chi connectivity index (χ2n) is 14.5. The van der Waals surface area contributed by atoms with Crippen LogP contribution in [0.3, 0.4) is 0 Å². The van der Waals surface area contributed by atoms with Gasteiger partial charge in [0.2, 0.25) is 0 Å². The molecule has 2 heteroatoms. The zero-order valence-corrected chi connectivity index (χ0v) is 29.7. The lowest BCUT2D eigenvalue weighted by molar-refractivity contribution is 0.658. The molecule has 0 unspecified atom stereocenters. The first-order valence-electron chi connectivity index (χ1n) is 18.3. The molecule has 10 rings (SSSR count). The predicted octanol–water partition coefficient (Wildman–Crippen LogP) is 13.4. The molecule has 0 atom stereocenters. The van der Waals surface area contributed by atoms with Crippen molar-refractivity contribution in [3.63, 3.8) is 0 Å². The van der Waals surface area contributed by atoms with Crippen LogP contribution in [0.5, 0.6) is 0 Å². The van der Waals surface area contributed by atoms with Crippen LogP contribution in [0.25, 0.3) is 88.8 Å². The molecule has 0 bridgehead atoms. The molecule has 0 spiro atoms. The Balaban J connectivity index is 1.20. The molecule has 8 aromatic carbocycles. The molecule has 0 amide bonds. The molecule has 0 radical (unpaired) electrons. The molecule has 2 nitrogen and oxygen atoms in total. The molecule has 250 valence electrons. The van der Waals surface area contributed by atoms with E-state index in [4.69, 9.17) is 9.97 Å². The second kappa shape index (κ2) is 12.3. The minimum absolute atomic E-state index is 0.288. The number of benzene rings is 8. The average Bonchev–Trinajstić information content (AvgIpc) is 3.45. The summed E-state index contributed by atoms with van der Waals surface area (Å²) in [5.74, 6) is 0.746. The Morgan fingerprint density at radius 3 is 1.34 bits per heavy atom. The molecule has 0 saturated carbocycles. The first-order valence-corrected chi connectivity index (χ1v) is 18.3. The van der Waals surface area contributed by atoms with Crippen LogP contribution in [0.1, 0.15) is 25.0 Å². The van der Waals surface area contributed by atoms with E-state index >= 15 is 0 Å². The van der Waals surface area contributed by atoms with Gasteiger partial charge in [0.1, 0.15) is 0 Å². The van der Waals surface area contributed by atoms with Gasteiger partial charge in [-0.1, -0.05) is 190 Å². The molecular weight excluding hydrogens is 641 g/mol. The molecular formula is C51H36N2. The summed E-state index contributed by atoms with van der Waals surface area (Å²) in [6.45, 7) is 4.63. The van der Waals surface area contributed by atoms with E-state index in [0.717, 1.165) is 28.3 Å². The third-order valence-corrected chi connectivity index (χ3v) is 11.1. The van der Waals surface area contributed by atoms with Gasteiger partial charge in [0.25, 0.3) is 0 Å². The molecule has 53 heavy (non-hydrogen) atoms. The largest absolute Gasteiger partial charge is 0.228 e. The molecule has 0 aliphatic heterocycles. The number of aromatic nitrogens is 2. The van der Waals surface area contributed by atoms with E-state index in [0.29, 0.717) is 0 Å². The number of fused-ring (bicyclic) bond motifs is 5. The van der Waals surface area contributed by atoms with E-state index in [2.05, 4.69) is 190 Å². The van der Waals surface area contributed by atoms with Gasteiger partial charge in [0.15, 0.2) is 5.82 Å². The van der Waals surface area contributed by atoms with Crippen LogP contribution in [-0.4, -0.2) is 9.97 Å². The minimum Gasteiger partial charge on any atom is -0.228 e. The van der Waals surface area contributed by atoms with E-state index in [1.165, 1.54) is 71.6 Å². The maximum Gasteiger partial charge on any atom is 0.160 e. The summed E-state index contributed by atoms with van der Waals surface area (Å²) in [6, 6.07) is 65.4. The first-order chi connectivity index (χ1) is 26.1. The summed E-state index contributed by atoms with van der Waals surface area (Å²) < 4.78 is 0. The topological polar surface area (TPSA) is 25.8 Å². The Hall–Kier alpha value is -6.64. The predicted molar refractivity (Wildman–Crippen MR) is 222 cm³/mol. The Bertz CT molecular complexity index is 2760. The van der Waals surface area contributed by atoms with Gasteiger partial charge in [0, 0.05) is 27.7 Å². The lowest BCUT2D eigenvalue weighted by Gasteiger charge is -2.24. The van der Waals surface area contributed by atoms with Gasteiger partial charge in [-0.3, -0.25) is 0 Å². The zero-order valence-electron chi connectivity index (χ0n) is 29.7. The summed E-state index contributed by atoms with van der Waals surface area (Å²) in [6.07, 6.45) is 0. The van der Waals surface area contributed by atoms with Crippen molar-refractivity contribution in [1.82, 2.24) is 9.97 Å². The zero-order chi connectivity index (χ0) is 35.5. The SMILES string of the molecule is CC1(C)c2ccc(-c3c4ccccc4c(-c4ccc(-c5ccccc5)cc4)c4ccccc34)cc2-c2nc(-c3ccccc3)nc(-c3ccccc3)c21. The third kappa shape index (κ3) is 5.02. The van der Waals surface area contributed by atoms with Crippen molar-refractivity contribution in [2.75, 3.05) is 0 Å². The highest BCUT2D eigenvalue weighted by Crippen LogP contribution is 2.53. The summed E-state index contributed by atoms with van der Waals surface area (Å²) in [5.41, 5.74) is 14.8. The number of hydrogen-bond donors (Lipinski definition) is 0. The average molecular weight is 677 g/mol. The molecule has 1 aliphatic carbocycles. The van der Waals surface area contributed by atoms with Crippen molar-refractivity contribution in [3.05, 3.63) is 193 Å². The fourth-order valence-corrected chi connectivity index (χ4v) is 8.55. The van der Waals surface area contributed by atoms with Crippen LogP contribution in [0, 0.1) is 0 Å². The molecule has 9 aromatic rings. The van der Waals surface area contributed by atoms with Gasteiger partial charge in [0.05, 0.1) is 11.4 Å². The van der Waals surface area contributed by atoms with E-state index in [-0.39, 0.29) is 5.41 Å². The maximum atomic E-state index is 5.38.